The summed E-state index contributed by atoms with van der Waals surface area (Å²) in [4.78, 5) is -0.120. The highest BCUT2D eigenvalue weighted by atomic mass is 35.5. The molecule has 1 aliphatic rings. The van der Waals surface area contributed by atoms with Crippen LogP contribution in [0.3, 0.4) is 0 Å². The molecule has 1 unspecified atom stereocenters. The van der Waals surface area contributed by atoms with Crippen molar-refractivity contribution in [1.29, 1.82) is 5.26 Å². The summed E-state index contributed by atoms with van der Waals surface area (Å²) < 4.78 is 33.1. The van der Waals surface area contributed by atoms with E-state index in [-0.39, 0.29) is 22.0 Å². The second-order valence-electron chi connectivity index (χ2n) is 5.81. The monoisotopic (exact) mass is 411 g/mol. The van der Waals surface area contributed by atoms with Crippen LogP contribution in [0.25, 0.3) is 0 Å². The van der Waals surface area contributed by atoms with Gasteiger partial charge in [0.15, 0.2) is 0 Å². The summed E-state index contributed by atoms with van der Waals surface area (Å²) in [7, 11) is -3.93. The van der Waals surface area contributed by atoms with Gasteiger partial charge in [-0.1, -0.05) is 23.2 Å². The van der Waals surface area contributed by atoms with Crippen molar-refractivity contribution < 1.29 is 13.2 Å². The summed E-state index contributed by atoms with van der Waals surface area (Å²) in [6.45, 7) is 0.322. The molecule has 0 bridgehead atoms. The van der Waals surface area contributed by atoms with Crippen molar-refractivity contribution in [3.63, 3.8) is 0 Å². The summed E-state index contributed by atoms with van der Waals surface area (Å²) in [6.07, 6.45) is 0.662. The third kappa shape index (κ3) is 3.80. The number of nitrogens with two attached hydrogens (primary N) is 1. The molecule has 0 aliphatic carbocycles. The minimum atomic E-state index is -3.93. The Labute approximate surface area is 161 Å². The molecule has 2 aromatic rings. The van der Waals surface area contributed by atoms with E-state index in [0.29, 0.717) is 29.4 Å². The Bertz CT molecular complexity index is 969. The molecule has 1 atom stereocenters. The van der Waals surface area contributed by atoms with Gasteiger partial charge in [0.2, 0.25) is 10.0 Å². The Morgan fingerprint density at radius 2 is 1.88 bits per heavy atom. The molecule has 9 heteroatoms. The van der Waals surface area contributed by atoms with E-state index in [2.05, 4.69) is 0 Å². The maximum Gasteiger partial charge on any atom is 0.248 e. The Morgan fingerprint density at radius 3 is 2.46 bits per heavy atom. The summed E-state index contributed by atoms with van der Waals surface area (Å²) in [5, 5.41) is 9.85. The largest absolute Gasteiger partial charge is 0.456 e. The van der Waals surface area contributed by atoms with Crippen LogP contribution in [0.2, 0.25) is 10.0 Å². The first kappa shape index (κ1) is 19.0. The number of nitriles is 1. The molecular formula is C17H15Cl2N3O3S. The highest BCUT2D eigenvalue weighted by Crippen LogP contribution is 2.35. The smallest absolute Gasteiger partial charge is 0.248 e. The van der Waals surface area contributed by atoms with Crippen molar-refractivity contribution in [3.05, 3.63) is 52.0 Å². The second kappa shape index (κ2) is 7.43. The first-order valence-corrected chi connectivity index (χ1v) is 9.96. The number of ether oxygens (including phenoxy) is 1. The maximum atomic E-state index is 13.1. The standard InChI is InChI=1S/C17H15Cl2N3O3S/c18-12-7-13(19)9-14(8-12)25-15-4-3-11(10-20)6-16(15)26(23,24)22-5-1-2-17(22)21/h3-4,6-9,17H,1-2,5,21H2. The number of nitrogens with zero attached hydrogens (tertiary/aromatic N) is 2. The van der Waals surface area contributed by atoms with Gasteiger partial charge in [-0.25, -0.2) is 8.42 Å². The van der Waals surface area contributed by atoms with Gasteiger partial charge < -0.3 is 10.5 Å². The first-order valence-electron chi connectivity index (χ1n) is 7.77. The lowest BCUT2D eigenvalue weighted by molar-refractivity contribution is 0.391. The van der Waals surface area contributed by atoms with E-state index in [0.717, 1.165) is 0 Å². The Hall–Kier alpha value is -1.82. The van der Waals surface area contributed by atoms with Gasteiger partial charge in [-0.05, 0) is 49.2 Å². The number of benzene rings is 2. The molecule has 2 aromatic carbocycles. The van der Waals surface area contributed by atoms with Crippen LogP contribution in [-0.2, 0) is 10.0 Å². The molecule has 0 aromatic heterocycles. The number of sulfonamides is 1. The van der Waals surface area contributed by atoms with Crippen LogP contribution in [0, 0.1) is 11.3 Å². The molecule has 6 nitrogen and oxygen atoms in total. The van der Waals surface area contributed by atoms with Gasteiger partial charge >= 0.3 is 0 Å². The van der Waals surface area contributed by atoms with E-state index in [1.54, 1.807) is 0 Å². The van der Waals surface area contributed by atoms with E-state index in [1.807, 2.05) is 6.07 Å². The van der Waals surface area contributed by atoms with Gasteiger partial charge in [0.25, 0.3) is 0 Å². The molecule has 1 fully saturated rings. The average Bonchev–Trinajstić information content (AvgIpc) is 3.01. The first-order chi connectivity index (χ1) is 12.3. The maximum absolute atomic E-state index is 13.1. The average molecular weight is 412 g/mol. The lowest BCUT2D eigenvalue weighted by Gasteiger charge is -2.22. The fraction of sp³-hybridized carbons (Fsp3) is 0.235. The minimum Gasteiger partial charge on any atom is -0.456 e. The van der Waals surface area contributed by atoms with Gasteiger partial charge in [-0.15, -0.1) is 0 Å². The molecule has 2 N–H and O–H groups in total. The zero-order valence-corrected chi connectivity index (χ0v) is 15.9. The van der Waals surface area contributed by atoms with Crippen LogP contribution in [0.5, 0.6) is 11.5 Å². The van der Waals surface area contributed by atoms with Crippen LogP contribution in [0.15, 0.2) is 41.3 Å². The quantitative estimate of drug-likeness (QED) is 0.826. The van der Waals surface area contributed by atoms with Crippen molar-refractivity contribution >= 4 is 33.2 Å². The fourth-order valence-electron chi connectivity index (χ4n) is 2.77. The molecule has 3 rings (SSSR count). The Balaban J connectivity index is 2.07. The summed E-state index contributed by atoms with van der Waals surface area (Å²) in [6, 6.07) is 10.7. The molecular weight excluding hydrogens is 397 g/mol. The highest BCUT2D eigenvalue weighted by molar-refractivity contribution is 7.89. The van der Waals surface area contributed by atoms with Crippen molar-refractivity contribution in [3.8, 4) is 17.6 Å². The van der Waals surface area contributed by atoms with E-state index < -0.39 is 16.2 Å². The zero-order chi connectivity index (χ0) is 18.9. The van der Waals surface area contributed by atoms with Crippen LogP contribution in [-0.4, -0.2) is 25.4 Å². The highest BCUT2D eigenvalue weighted by Gasteiger charge is 2.35. The Morgan fingerprint density at radius 1 is 1.19 bits per heavy atom. The third-order valence-corrected chi connectivity index (χ3v) is 6.35. The van der Waals surface area contributed by atoms with E-state index in [4.69, 9.17) is 38.9 Å². The van der Waals surface area contributed by atoms with E-state index in [9.17, 15) is 8.42 Å². The van der Waals surface area contributed by atoms with Gasteiger partial charge in [0, 0.05) is 16.6 Å². The van der Waals surface area contributed by atoms with E-state index >= 15 is 0 Å². The van der Waals surface area contributed by atoms with Crippen LogP contribution < -0.4 is 10.5 Å². The fourth-order valence-corrected chi connectivity index (χ4v) is 5.00. The summed E-state index contributed by atoms with van der Waals surface area (Å²) >= 11 is 11.9. The topological polar surface area (TPSA) is 96.4 Å². The normalized spacial score (nSPS) is 17.8. The molecule has 136 valence electrons. The Kier molecular flexibility index (Phi) is 5.42. The summed E-state index contributed by atoms with van der Waals surface area (Å²) in [5.41, 5.74) is 6.12. The van der Waals surface area contributed by atoms with Crippen molar-refractivity contribution in [2.24, 2.45) is 5.73 Å². The molecule has 1 aliphatic heterocycles. The van der Waals surface area contributed by atoms with E-state index in [1.165, 1.54) is 40.7 Å². The molecule has 0 spiro atoms. The number of rotatable bonds is 4. The van der Waals surface area contributed by atoms with Crippen LogP contribution in [0.4, 0.5) is 0 Å². The van der Waals surface area contributed by atoms with Crippen molar-refractivity contribution in [2.45, 2.75) is 23.9 Å². The number of hydrogen-bond acceptors (Lipinski definition) is 5. The third-order valence-electron chi connectivity index (χ3n) is 3.97. The SMILES string of the molecule is N#Cc1ccc(Oc2cc(Cl)cc(Cl)c2)c(S(=O)(=O)N2CCCC2N)c1. The molecule has 1 heterocycles. The van der Waals surface area contributed by atoms with Gasteiger partial charge in [-0.3, -0.25) is 0 Å². The molecule has 0 saturated carbocycles. The molecule has 0 radical (unpaired) electrons. The molecule has 26 heavy (non-hydrogen) atoms. The predicted octanol–water partition coefficient (Wildman–Crippen LogP) is 3.73. The number of hydrogen-bond donors (Lipinski definition) is 1. The van der Waals surface area contributed by atoms with Crippen molar-refractivity contribution in [1.82, 2.24) is 4.31 Å². The molecule has 0 amide bonds. The zero-order valence-electron chi connectivity index (χ0n) is 13.5. The van der Waals surface area contributed by atoms with Gasteiger partial charge in [-0.2, -0.15) is 9.57 Å². The lowest BCUT2D eigenvalue weighted by Crippen LogP contribution is -2.41. The summed E-state index contributed by atoms with van der Waals surface area (Å²) in [5.74, 6) is 0.357. The van der Waals surface area contributed by atoms with Gasteiger partial charge in [0.1, 0.15) is 16.4 Å². The van der Waals surface area contributed by atoms with Crippen LogP contribution >= 0.6 is 23.2 Å². The number of halogens is 2. The minimum absolute atomic E-state index is 0.0708. The predicted molar refractivity (Wildman–Crippen MR) is 98.8 cm³/mol. The lowest BCUT2D eigenvalue weighted by atomic mass is 10.2. The van der Waals surface area contributed by atoms with Gasteiger partial charge in [0.05, 0.1) is 17.8 Å². The van der Waals surface area contributed by atoms with Crippen molar-refractivity contribution in [2.75, 3.05) is 6.54 Å². The van der Waals surface area contributed by atoms with Crippen LogP contribution in [0.1, 0.15) is 18.4 Å². The second-order valence-corrected chi connectivity index (χ2v) is 8.54. The molecule has 1 saturated heterocycles.